The van der Waals surface area contributed by atoms with Gasteiger partial charge >= 0.3 is 0 Å². The maximum Gasteiger partial charge on any atom is 0.0431 e. The van der Waals surface area contributed by atoms with E-state index in [4.69, 9.17) is 10.2 Å². The molecule has 3 heteroatoms. The zero-order chi connectivity index (χ0) is 11.1. The minimum Gasteiger partial charge on any atom is -0.396 e. The van der Waals surface area contributed by atoms with Gasteiger partial charge < -0.3 is 10.2 Å². The summed E-state index contributed by atoms with van der Waals surface area (Å²) in [5.41, 5.74) is 0. The van der Waals surface area contributed by atoms with Crippen LogP contribution in [0, 0.1) is 0 Å². The molecule has 0 saturated carbocycles. The Hall–Kier alpha value is 0.660. The van der Waals surface area contributed by atoms with Crippen molar-refractivity contribution in [3.05, 3.63) is 0 Å². The Morgan fingerprint density at radius 1 is 0.600 bits per heavy atom. The first-order valence-corrected chi connectivity index (χ1v) is 6.05. The van der Waals surface area contributed by atoms with E-state index in [1.54, 1.807) is 0 Å². The van der Waals surface area contributed by atoms with Crippen LogP contribution in [-0.4, -0.2) is 23.4 Å². The smallest absolute Gasteiger partial charge is 0.0431 e. The van der Waals surface area contributed by atoms with Crippen LogP contribution < -0.4 is 0 Å². The fourth-order valence-electron chi connectivity index (χ4n) is 1.08. The molecule has 0 fully saturated rings. The third-order valence-corrected chi connectivity index (χ3v) is 2.02. The molecule has 0 spiro atoms. The van der Waals surface area contributed by atoms with E-state index in [0.717, 1.165) is 12.8 Å². The van der Waals surface area contributed by atoms with Gasteiger partial charge in [0.15, 0.2) is 0 Å². The molecule has 0 rings (SSSR count). The fourth-order valence-corrected chi connectivity index (χ4v) is 1.08. The number of rotatable bonds is 8. The van der Waals surface area contributed by atoms with Crippen LogP contribution in [0.4, 0.5) is 0 Å². The maximum atomic E-state index is 8.29. The molecule has 1 radical (unpaired) electrons. The van der Waals surface area contributed by atoms with Crippen molar-refractivity contribution in [2.75, 3.05) is 13.2 Å². The van der Waals surface area contributed by atoms with Gasteiger partial charge in [0.25, 0.3) is 0 Å². The first-order chi connectivity index (χ1) is 6.83. The predicted molar refractivity (Wildman–Crippen MR) is 62.5 cm³/mol. The van der Waals surface area contributed by atoms with E-state index in [-0.39, 0.29) is 22.4 Å². The monoisotopic (exact) mass is 401 g/mol. The fraction of sp³-hybridized carbons (Fsp3) is 1.00. The summed E-state index contributed by atoms with van der Waals surface area (Å²) in [5.74, 6) is 0. The minimum absolute atomic E-state index is 0. The van der Waals surface area contributed by atoms with Gasteiger partial charge in [-0.25, -0.2) is 0 Å². The average molecular weight is 401 g/mol. The van der Waals surface area contributed by atoms with Gasteiger partial charge in [0.2, 0.25) is 0 Å². The second-order valence-electron chi connectivity index (χ2n) is 3.57. The van der Waals surface area contributed by atoms with Crippen molar-refractivity contribution in [2.45, 2.75) is 65.2 Å². The Morgan fingerprint density at radius 3 is 1.13 bits per heavy atom. The Labute approximate surface area is 111 Å². The summed E-state index contributed by atoms with van der Waals surface area (Å²) >= 11 is 0. The molecular weight excluding hydrogens is 373 g/mol. The maximum absolute atomic E-state index is 8.29. The molecule has 0 aromatic carbocycles. The van der Waals surface area contributed by atoms with E-state index in [2.05, 4.69) is 13.8 Å². The molecule has 0 bridgehead atoms. The molecule has 0 aliphatic rings. The normalized spacial score (nSPS) is 8.80. The van der Waals surface area contributed by atoms with Crippen molar-refractivity contribution >= 4 is 0 Å². The Bertz CT molecular complexity index is 62.0. The molecule has 0 saturated heterocycles. The number of hydrogen-bond acceptors (Lipinski definition) is 2. The van der Waals surface area contributed by atoms with E-state index in [1.807, 2.05) is 0 Å². The van der Waals surface area contributed by atoms with Gasteiger partial charge in [0, 0.05) is 35.6 Å². The first kappa shape index (κ1) is 21.0. The zero-order valence-corrected chi connectivity index (χ0v) is 12.4. The van der Waals surface area contributed by atoms with Gasteiger partial charge in [-0.15, -0.1) is 0 Å². The summed E-state index contributed by atoms with van der Waals surface area (Å²) in [6, 6.07) is 0. The molecule has 0 aromatic heterocycles. The van der Waals surface area contributed by atoms with Crippen LogP contribution in [0.15, 0.2) is 0 Å². The van der Waals surface area contributed by atoms with Crippen LogP contribution in [0.1, 0.15) is 65.2 Å². The molecule has 2 N–H and O–H groups in total. The van der Waals surface area contributed by atoms with E-state index in [1.165, 1.54) is 38.5 Å². The number of aliphatic hydroxyl groups is 2. The van der Waals surface area contributed by atoms with Crippen molar-refractivity contribution in [1.29, 1.82) is 0 Å². The summed E-state index contributed by atoms with van der Waals surface area (Å²) < 4.78 is 0. The molecular formula is C12H28AuO2. The van der Waals surface area contributed by atoms with E-state index in [0.29, 0.717) is 13.2 Å². The van der Waals surface area contributed by atoms with Gasteiger partial charge in [0.05, 0.1) is 0 Å². The summed E-state index contributed by atoms with van der Waals surface area (Å²) in [6.07, 6.45) is 9.36. The van der Waals surface area contributed by atoms with Crippen molar-refractivity contribution in [3.8, 4) is 0 Å². The van der Waals surface area contributed by atoms with Crippen molar-refractivity contribution in [3.63, 3.8) is 0 Å². The second kappa shape index (κ2) is 24.1. The van der Waals surface area contributed by atoms with Crippen LogP contribution >= 0.6 is 0 Å². The predicted octanol–water partition coefficient (Wildman–Crippen LogP) is 3.12. The third-order valence-electron chi connectivity index (χ3n) is 2.02. The molecule has 0 amide bonds. The van der Waals surface area contributed by atoms with Crippen LogP contribution in [0.3, 0.4) is 0 Å². The molecule has 0 atom stereocenters. The van der Waals surface area contributed by atoms with Gasteiger partial charge in [-0.2, -0.15) is 0 Å². The Morgan fingerprint density at radius 2 is 0.933 bits per heavy atom. The van der Waals surface area contributed by atoms with E-state index >= 15 is 0 Å². The van der Waals surface area contributed by atoms with Crippen LogP contribution in [0.25, 0.3) is 0 Å². The average Bonchev–Trinajstić information content (AvgIpc) is 2.21. The third kappa shape index (κ3) is 31.3. The van der Waals surface area contributed by atoms with Gasteiger partial charge in [-0.3, -0.25) is 0 Å². The Kier molecular flexibility index (Phi) is 33.7. The Balaban J connectivity index is -0.000000180. The summed E-state index contributed by atoms with van der Waals surface area (Å²) in [6.45, 7) is 5.05. The second-order valence-corrected chi connectivity index (χ2v) is 3.57. The number of aliphatic hydroxyl groups excluding tert-OH is 2. The minimum atomic E-state index is 0. The van der Waals surface area contributed by atoms with Crippen molar-refractivity contribution < 1.29 is 32.6 Å². The molecule has 0 aliphatic carbocycles. The topological polar surface area (TPSA) is 40.5 Å². The van der Waals surface area contributed by atoms with Crippen LogP contribution in [0.5, 0.6) is 0 Å². The van der Waals surface area contributed by atoms with Crippen LogP contribution in [0.2, 0.25) is 0 Å². The van der Waals surface area contributed by atoms with Crippen molar-refractivity contribution in [2.24, 2.45) is 0 Å². The van der Waals surface area contributed by atoms with Gasteiger partial charge in [-0.1, -0.05) is 52.4 Å². The summed E-state index contributed by atoms with van der Waals surface area (Å²) in [4.78, 5) is 0. The van der Waals surface area contributed by atoms with Crippen molar-refractivity contribution in [1.82, 2.24) is 0 Å². The standard InChI is InChI=1S/2C6H14O.Au/c2*1-2-3-4-5-6-7;/h2*7H,2-6H2,1H3;. The number of unbranched alkanes of at least 4 members (excludes halogenated alkanes) is 6. The SMILES string of the molecule is CCCCCCO.CCCCCCO.[Au]. The molecule has 0 heterocycles. The van der Waals surface area contributed by atoms with Crippen LogP contribution in [-0.2, 0) is 22.4 Å². The quantitative estimate of drug-likeness (QED) is 0.485. The summed E-state index contributed by atoms with van der Waals surface area (Å²) in [5, 5.41) is 16.6. The van der Waals surface area contributed by atoms with Gasteiger partial charge in [0.1, 0.15) is 0 Å². The molecule has 15 heavy (non-hydrogen) atoms. The molecule has 2 nitrogen and oxygen atoms in total. The molecule has 99 valence electrons. The van der Waals surface area contributed by atoms with E-state index < -0.39 is 0 Å². The first-order valence-electron chi connectivity index (χ1n) is 6.05. The van der Waals surface area contributed by atoms with Gasteiger partial charge in [-0.05, 0) is 12.8 Å². The number of hydrogen-bond donors (Lipinski definition) is 2. The summed E-state index contributed by atoms with van der Waals surface area (Å²) in [7, 11) is 0. The van der Waals surface area contributed by atoms with E-state index in [9.17, 15) is 0 Å². The molecule has 0 unspecified atom stereocenters. The molecule has 0 aromatic rings. The molecule has 0 aliphatic heterocycles. The zero-order valence-electron chi connectivity index (χ0n) is 10.3. The largest absolute Gasteiger partial charge is 0.396 e.